The molecule has 1 aliphatic rings. The predicted octanol–water partition coefficient (Wildman–Crippen LogP) is 0.591. The van der Waals surface area contributed by atoms with Crippen LogP contribution in [-0.2, 0) is 0 Å². The maximum atomic E-state index is 10.6. The van der Waals surface area contributed by atoms with Gasteiger partial charge < -0.3 is 9.80 Å². The number of nitrogens with zero attached hydrogens (tertiary/aromatic N) is 2. The lowest BCUT2D eigenvalue weighted by Crippen LogP contribution is -2.57. The largest absolute Gasteiger partial charge is 0.327 e. The molecule has 0 aromatic rings. The van der Waals surface area contributed by atoms with Gasteiger partial charge in [-0.1, -0.05) is 0 Å². The SMILES string of the molecule is CN1CC(N(C)C(=O)Cl)C1. The van der Waals surface area contributed by atoms with Gasteiger partial charge in [0.15, 0.2) is 0 Å². The van der Waals surface area contributed by atoms with Gasteiger partial charge in [0, 0.05) is 20.1 Å². The van der Waals surface area contributed by atoms with E-state index in [1.165, 1.54) is 0 Å². The number of carbonyl (C=O) groups is 1. The van der Waals surface area contributed by atoms with E-state index in [1.807, 2.05) is 7.05 Å². The van der Waals surface area contributed by atoms with Crippen LogP contribution in [0.3, 0.4) is 0 Å². The van der Waals surface area contributed by atoms with Crippen LogP contribution in [0.2, 0.25) is 0 Å². The molecule has 0 aromatic carbocycles. The van der Waals surface area contributed by atoms with Gasteiger partial charge in [-0.2, -0.15) is 0 Å². The van der Waals surface area contributed by atoms with Crippen LogP contribution in [0.5, 0.6) is 0 Å². The van der Waals surface area contributed by atoms with Gasteiger partial charge >= 0.3 is 5.37 Å². The van der Waals surface area contributed by atoms with E-state index in [-0.39, 0.29) is 5.37 Å². The molecule has 0 spiro atoms. The summed E-state index contributed by atoms with van der Waals surface area (Å²) in [7, 11) is 3.75. The maximum Gasteiger partial charge on any atom is 0.316 e. The molecular weight excluding hydrogens is 152 g/mol. The molecule has 1 fully saturated rings. The zero-order valence-electron chi connectivity index (χ0n) is 6.17. The lowest BCUT2D eigenvalue weighted by molar-refractivity contribution is 0.0964. The highest BCUT2D eigenvalue weighted by atomic mass is 35.5. The Morgan fingerprint density at radius 2 is 2.20 bits per heavy atom. The van der Waals surface area contributed by atoms with Crippen LogP contribution in [0.1, 0.15) is 0 Å². The summed E-state index contributed by atoms with van der Waals surface area (Å²) >= 11 is 5.25. The summed E-state index contributed by atoms with van der Waals surface area (Å²) in [5.41, 5.74) is 0. The van der Waals surface area contributed by atoms with E-state index in [0.29, 0.717) is 6.04 Å². The molecule has 0 saturated carbocycles. The smallest absolute Gasteiger partial charge is 0.316 e. The minimum Gasteiger partial charge on any atom is -0.327 e. The van der Waals surface area contributed by atoms with Crippen molar-refractivity contribution in [2.75, 3.05) is 27.2 Å². The number of likely N-dealkylation sites (tertiary alicyclic amines) is 1. The molecule has 1 aliphatic heterocycles. The monoisotopic (exact) mass is 162 g/mol. The van der Waals surface area contributed by atoms with Crippen molar-refractivity contribution < 1.29 is 4.79 Å². The molecule has 0 unspecified atom stereocenters. The third-order valence-corrected chi connectivity index (χ3v) is 2.14. The topological polar surface area (TPSA) is 23.6 Å². The van der Waals surface area contributed by atoms with E-state index in [9.17, 15) is 4.79 Å². The van der Waals surface area contributed by atoms with Gasteiger partial charge in [-0.05, 0) is 18.6 Å². The molecular formula is C6H11ClN2O. The Balaban J connectivity index is 2.31. The molecule has 0 radical (unpaired) electrons. The fourth-order valence-electron chi connectivity index (χ4n) is 1.05. The summed E-state index contributed by atoms with van der Waals surface area (Å²) in [5.74, 6) is 0. The second-order valence-corrected chi connectivity index (χ2v) is 3.06. The van der Waals surface area contributed by atoms with Gasteiger partial charge in [0.05, 0.1) is 6.04 Å². The standard InChI is InChI=1S/C6H11ClN2O/c1-8-3-5(4-8)9(2)6(7)10/h5H,3-4H2,1-2H3. The Labute approximate surface area is 65.5 Å². The second-order valence-electron chi connectivity index (χ2n) is 2.74. The van der Waals surface area contributed by atoms with Crippen molar-refractivity contribution in [3.8, 4) is 0 Å². The Morgan fingerprint density at radius 1 is 1.70 bits per heavy atom. The fourth-order valence-corrected chi connectivity index (χ4v) is 1.19. The third-order valence-electron chi connectivity index (χ3n) is 1.87. The summed E-state index contributed by atoms with van der Waals surface area (Å²) in [6.45, 7) is 1.88. The van der Waals surface area contributed by atoms with Crippen LogP contribution in [-0.4, -0.2) is 48.4 Å². The zero-order valence-corrected chi connectivity index (χ0v) is 6.93. The lowest BCUT2D eigenvalue weighted by atomic mass is 10.1. The Bertz CT molecular complexity index is 145. The highest BCUT2D eigenvalue weighted by Crippen LogP contribution is 2.11. The first-order valence-corrected chi connectivity index (χ1v) is 3.60. The third kappa shape index (κ3) is 1.41. The lowest BCUT2D eigenvalue weighted by Gasteiger charge is -2.40. The molecule has 0 bridgehead atoms. The Kier molecular flexibility index (Phi) is 2.16. The van der Waals surface area contributed by atoms with Crippen LogP contribution < -0.4 is 0 Å². The average Bonchev–Trinajstić information content (AvgIpc) is 1.79. The summed E-state index contributed by atoms with van der Waals surface area (Å²) in [6, 6.07) is 0.329. The van der Waals surface area contributed by atoms with Crippen LogP contribution in [0.15, 0.2) is 0 Å². The molecule has 0 atom stereocenters. The van der Waals surface area contributed by atoms with Crippen molar-refractivity contribution in [2.45, 2.75) is 6.04 Å². The summed E-state index contributed by atoms with van der Waals surface area (Å²) in [5, 5.41) is -0.363. The number of rotatable bonds is 1. The van der Waals surface area contributed by atoms with Gasteiger partial charge in [-0.15, -0.1) is 0 Å². The van der Waals surface area contributed by atoms with Crippen LogP contribution in [0.4, 0.5) is 4.79 Å². The number of carbonyl (C=O) groups excluding carboxylic acids is 1. The molecule has 1 heterocycles. The first-order chi connectivity index (χ1) is 4.61. The number of hydrogen-bond donors (Lipinski definition) is 0. The molecule has 4 heteroatoms. The minimum atomic E-state index is -0.363. The second kappa shape index (κ2) is 2.76. The predicted molar refractivity (Wildman–Crippen MR) is 40.3 cm³/mol. The summed E-state index contributed by atoms with van der Waals surface area (Å²) in [4.78, 5) is 14.3. The van der Waals surface area contributed by atoms with Crippen molar-refractivity contribution in [1.82, 2.24) is 9.80 Å². The molecule has 3 nitrogen and oxygen atoms in total. The normalized spacial score (nSPS) is 20.3. The first kappa shape index (κ1) is 7.82. The van der Waals surface area contributed by atoms with Crippen molar-refractivity contribution >= 4 is 17.0 Å². The Hall–Kier alpha value is -0.280. The number of halogens is 1. The molecule has 10 heavy (non-hydrogen) atoms. The van der Waals surface area contributed by atoms with Crippen LogP contribution >= 0.6 is 11.6 Å². The molecule has 0 aliphatic carbocycles. The summed E-state index contributed by atoms with van der Waals surface area (Å²) < 4.78 is 0. The van der Waals surface area contributed by atoms with Crippen LogP contribution in [0.25, 0.3) is 0 Å². The highest BCUT2D eigenvalue weighted by molar-refractivity contribution is 6.62. The molecule has 0 N–H and O–H groups in total. The van der Waals surface area contributed by atoms with E-state index < -0.39 is 0 Å². The maximum absolute atomic E-state index is 10.6. The highest BCUT2D eigenvalue weighted by Gasteiger charge is 2.28. The fraction of sp³-hybridized carbons (Fsp3) is 0.833. The molecule has 58 valence electrons. The van der Waals surface area contributed by atoms with Crippen molar-refractivity contribution in [3.05, 3.63) is 0 Å². The average molecular weight is 163 g/mol. The van der Waals surface area contributed by atoms with Gasteiger partial charge in [0.2, 0.25) is 0 Å². The zero-order chi connectivity index (χ0) is 7.72. The molecule has 0 aromatic heterocycles. The summed E-state index contributed by atoms with van der Waals surface area (Å²) in [6.07, 6.45) is 0. The number of amides is 1. The van der Waals surface area contributed by atoms with Gasteiger partial charge in [0.25, 0.3) is 0 Å². The van der Waals surface area contributed by atoms with E-state index in [1.54, 1.807) is 11.9 Å². The van der Waals surface area contributed by atoms with Gasteiger partial charge in [-0.25, -0.2) is 0 Å². The van der Waals surface area contributed by atoms with Gasteiger partial charge in [-0.3, -0.25) is 4.79 Å². The molecule has 1 rings (SSSR count). The van der Waals surface area contributed by atoms with E-state index >= 15 is 0 Å². The minimum absolute atomic E-state index is 0.329. The van der Waals surface area contributed by atoms with E-state index in [2.05, 4.69) is 4.90 Å². The number of likely N-dealkylation sites (N-methyl/N-ethyl adjacent to an activating group) is 2. The van der Waals surface area contributed by atoms with E-state index in [0.717, 1.165) is 13.1 Å². The van der Waals surface area contributed by atoms with Crippen molar-refractivity contribution in [2.24, 2.45) is 0 Å². The van der Waals surface area contributed by atoms with Crippen molar-refractivity contribution in [3.63, 3.8) is 0 Å². The Morgan fingerprint density at radius 3 is 2.50 bits per heavy atom. The van der Waals surface area contributed by atoms with E-state index in [4.69, 9.17) is 11.6 Å². The molecule has 1 saturated heterocycles. The van der Waals surface area contributed by atoms with Crippen molar-refractivity contribution in [1.29, 1.82) is 0 Å². The van der Waals surface area contributed by atoms with Gasteiger partial charge in [0.1, 0.15) is 0 Å². The van der Waals surface area contributed by atoms with Crippen LogP contribution in [0, 0.1) is 0 Å². The number of hydrogen-bond acceptors (Lipinski definition) is 2. The first-order valence-electron chi connectivity index (χ1n) is 3.22. The molecule has 1 amide bonds. The quantitative estimate of drug-likeness (QED) is 0.416.